The molecule has 0 fully saturated rings. The van der Waals surface area contributed by atoms with Crippen LogP contribution in [-0.2, 0) is 12.8 Å². The van der Waals surface area contributed by atoms with Crippen molar-refractivity contribution < 1.29 is 9.53 Å². The molecule has 5 heterocycles. The Morgan fingerprint density at radius 3 is 2.97 bits per heavy atom. The van der Waals surface area contributed by atoms with Crippen LogP contribution in [0.25, 0.3) is 17.1 Å². The minimum absolute atomic E-state index is 0.0294. The number of nitrogens with one attached hydrogen (secondary N) is 1. The maximum atomic E-state index is 12.1. The molecule has 3 aliphatic heterocycles. The van der Waals surface area contributed by atoms with Gasteiger partial charge in [0.05, 0.1) is 17.9 Å². The van der Waals surface area contributed by atoms with Gasteiger partial charge < -0.3 is 15.0 Å². The van der Waals surface area contributed by atoms with Crippen LogP contribution in [0.4, 0.5) is 5.82 Å². The quantitative estimate of drug-likeness (QED) is 0.618. The van der Waals surface area contributed by atoms with Gasteiger partial charge in [-0.15, -0.1) is 0 Å². The molecule has 1 aromatic carbocycles. The number of fused-ring (bicyclic) bond motifs is 6. The summed E-state index contributed by atoms with van der Waals surface area (Å²) in [5.74, 6) is 3.50. The molecule has 35 heavy (non-hydrogen) atoms. The SMILES string of the molecule is CCN1C2=NCCC=C2n2c(C)cnc2-c2cc(CCOc3cccc4c3CCNC4=O)cnc21. The second kappa shape index (κ2) is 8.69. The largest absolute Gasteiger partial charge is 0.493 e. The van der Waals surface area contributed by atoms with Gasteiger partial charge in [0, 0.05) is 55.3 Å². The van der Waals surface area contributed by atoms with E-state index in [-0.39, 0.29) is 5.91 Å². The molecule has 3 aromatic rings. The summed E-state index contributed by atoms with van der Waals surface area (Å²) < 4.78 is 8.36. The van der Waals surface area contributed by atoms with E-state index in [0.717, 1.165) is 77.2 Å². The molecule has 6 rings (SSSR count). The Morgan fingerprint density at radius 1 is 1.17 bits per heavy atom. The van der Waals surface area contributed by atoms with Crippen LogP contribution in [0.3, 0.4) is 0 Å². The Balaban J connectivity index is 1.31. The van der Waals surface area contributed by atoms with E-state index in [9.17, 15) is 4.79 Å². The number of benzene rings is 1. The van der Waals surface area contributed by atoms with Gasteiger partial charge in [-0.2, -0.15) is 0 Å². The highest BCUT2D eigenvalue weighted by Gasteiger charge is 2.31. The average molecular weight is 469 g/mol. The normalized spacial score (nSPS) is 16.2. The Hall–Kier alpha value is -3.94. The fraction of sp³-hybridized carbons (Fsp3) is 0.333. The number of ether oxygens (including phenoxy) is 1. The van der Waals surface area contributed by atoms with Crippen LogP contribution in [0.15, 0.2) is 47.7 Å². The summed E-state index contributed by atoms with van der Waals surface area (Å²) in [6.07, 6.45) is 8.50. The minimum atomic E-state index is -0.0294. The maximum Gasteiger partial charge on any atom is 0.251 e. The number of aryl methyl sites for hydroxylation is 1. The third-order valence-corrected chi connectivity index (χ3v) is 6.81. The van der Waals surface area contributed by atoms with E-state index in [1.807, 2.05) is 30.6 Å². The molecule has 8 nitrogen and oxygen atoms in total. The molecular formula is C27H28N6O2. The number of hydrogen-bond donors (Lipinski definition) is 1. The van der Waals surface area contributed by atoms with Gasteiger partial charge in [-0.05, 0) is 50.5 Å². The zero-order chi connectivity index (χ0) is 23.9. The Kier molecular flexibility index (Phi) is 5.36. The molecule has 0 bridgehead atoms. The van der Waals surface area contributed by atoms with Crippen molar-refractivity contribution in [1.29, 1.82) is 0 Å². The maximum absolute atomic E-state index is 12.1. The fourth-order valence-electron chi connectivity index (χ4n) is 5.15. The van der Waals surface area contributed by atoms with Crippen LogP contribution < -0.4 is 15.0 Å². The second-order valence-electron chi connectivity index (χ2n) is 8.99. The predicted octanol–water partition coefficient (Wildman–Crippen LogP) is 3.64. The van der Waals surface area contributed by atoms with E-state index >= 15 is 0 Å². The van der Waals surface area contributed by atoms with Gasteiger partial charge in [-0.1, -0.05) is 12.1 Å². The summed E-state index contributed by atoms with van der Waals surface area (Å²) in [7, 11) is 0. The third-order valence-electron chi connectivity index (χ3n) is 6.81. The number of amidine groups is 1. The van der Waals surface area contributed by atoms with Crippen molar-refractivity contribution in [2.45, 2.75) is 33.1 Å². The van der Waals surface area contributed by atoms with Crippen LogP contribution in [0.5, 0.6) is 5.75 Å². The molecule has 8 heteroatoms. The number of pyridine rings is 1. The number of aromatic nitrogens is 3. The first-order chi connectivity index (χ1) is 17.2. The van der Waals surface area contributed by atoms with Gasteiger partial charge in [0.2, 0.25) is 0 Å². The molecule has 178 valence electrons. The lowest BCUT2D eigenvalue weighted by atomic mass is 9.99. The first-order valence-corrected chi connectivity index (χ1v) is 12.2. The second-order valence-corrected chi connectivity index (χ2v) is 8.99. The summed E-state index contributed by atoms with van der Waals surface area (Å²) in [6, 6.07) is 7.86. The van der Waals surface area contributed by atoms with Crippen LogP contribution in [0, 0.1) is 6.92 Å². The number of carbonyl (C=O) groups excluding carboxylic acids is 1. The highest BCUT2D eigenvalue weighted by Crippen LogP contribution is 2.37. The minimum Gasteiger partial charge on any atom is -0.493 e. The van der Waals surface area contributed by atoms with Crippen LogP contribution in [-0.4, -0.2) is 52.5 Å². The number of likely N-dealkylation sites (N-methyl/N-ethyl adjacent to an activating group) is 1. The molecule has 1 N–H and O–H groups in total. The van der Waals surface area contributed by atoms with E-state index in [4.69, 9.17) is 19.7 Å². The number of aliphatic imine (C=N–C) groups is 1. The number of rotatable bonds is 5. The molecule has 1 amide bonds. The predicted molar refractivity (Wildman–Crippen MR) is 136 cm³/mol. The highest BCUT2D eigenvalue weighted by molar-refractivity contribution is 6.27. The lowest BCUT2D eigenvalue weighted by Gasteiger charge is -2.26. The molecule has 0 atom stereocenters. The fourth-order valence-corrected chi connectivity index (χ4v) is 5.15. The number of nitrogens with zero attached hydrogens (tertiary/aromatic N) is 5. The van der Waals surface area contributed by atoms with Gasteiger partial charge in [0.25, 0.3) is 5.91 Å². The number of amides is 1. The van der Waals surface area contributed by atoms with Gasteiger partial charge >= 0.3 is 0 Å². The molecular weight excluding hydrogens is 440 g/mol. The Morgan fingerprint density at radius 2 is 2.09 bits per heavy atom. The Bertz CT molecular complexity index is 1390. The number of dihydropyridines is 1. The van der Waals surface area contributed by atoms with E-state index in [1.54, 1.807) is 0 Å². The number of carbonyl (C=O) groups is 1. The van der Waals surface area contributed by atoms with Gasteiger partial charge in [0.1, 0.15) is 17.4 Å². The monoisotopic (exact) mass is 468 g/mol. The summed E-state index contributed by atoms with van der Waals surface area (Å²) in [5, 5.41) is 2.89. The van der Waals surface area contributed by atoms with Crippen LogP contribution >= 0.6 is 0 Å². The molecule has 0 spiro atoms. The zero-order valence-corrected chi connectivity index (χ0v) is 20.0. The average Bonchev–Trinajstić information content (AvgIpc) is 3.21. The molecule has 0 unspecified atom stereocenters. The lowest BCUT2D eigenvalue weighted by Crippen LogP contribution is -2.34. The van der Waals surface area contributed by atoms with E-state index in [1.165, 1.54) is 0 Å². The van der Waals surface area contributed by atoms with Crippen LogP contribution in [0.1, 0.15) is 40.5 Å². The molecule has 0 aliphatic carbocycles. The molecule has 0 saturated carbocycles. The number of anilines is 1. The molecule has 3 aliphatic rings. The smallest absolute Gasteiger partial charge is 0.251 e. The standard InChI is InChI=1S/C27H28N6O2/c1-3-32-24-21(25-30-15-17(2)33(25)22-7-5-11-28-26(22)32)14-18(16-31-24)10-13-35-23-8-4-6-20-19(23)9-12-29-27(20)34/h4,6-8,14-16H,3,5,9-13H2,1-2H3,(H,29,34). The highest BCUT2D eigenvalue weighted by atomic mass is 16.5. The summed E-state index contributed by atoms with van der Waals surface area (Å²) >= 11 is 0. The summed E-state index contributed by atoms with van der Waals surface area (Å²) in [4.78, 5) is 28.9. The van der Waals surface area contributed by atoms with E-state index < -0.39 is 0 Å². The van der Waals surface area contributed by atoms with Gasteiger partial charge in [-0.3, -0.25) is 14.4 Å². The van der Waals surface area contributed by atoms with Crippen molar-refractivity contribution in [3.63, 3.8) is 0 Å². The van der Waals surface area contributed by atoms with Crippen molar-refractivity contribution in [2.75, 3.05) is 31.1 Å². The van der Waals surface area contributed by atoms with Crippen molar-refractivity contribution in [1.82, 2.24) is 19.9 Å². The van der Waals surface area contributed by atoms with Gasteiger partial charge in [-0.25, -0.2) is 9.97 Å². The first kappa shape index (κ1) is 21.6. The van der Waals surface area contributed by atoms with Crippen molar-refractivity contribution >= 4 is 23.3 Å². The number of imidazole rings is 1. The summed E-state index contributed by atoms with van der Waals surface area (Å²) in [6.45, 7) is 6.91. The molecule has 0 radical (unpaired) electrons. The lowest BCUT2D eigenvalue weighted by molar-refractivity contribution is 0.0945. The first-order valence-electron chi connectivity index (χ1n) is 12.2. The zero-order valence-electron chi connectivity index (χ0n) is 20.0. The Labute approximate surface area is 204 Å². The molecule has 2 aromatic heterocycles. The van der Waals surface area contributed by atoms with E-state index in [0.29, 0.717) is 25.1 Å². The topological polar surface area (TPSA) is 84.6 Å². The van der Waals surface area contributed by atoms with Crippen molar-refractivity contribution in [3.8, 4) is 17.1 Å². The van der Waals surface area contributed by atoms with Crippen molar-refractivity contribution in [3.05, 3.63) is 65.1 Å². The summed E-state index contributed by atoms with van der Waals surface area (Å²) in [5.41, 5.74) is 5.95. The third kappa shape index (κ3) is 3.60. The molecule has 0 saturated heterocycles. The van der Waals surface area contributed by atoms with Crippen molar-refractivity contribution in [2.24, 2.45) is 4.99 Å². The number of hydrogen-bond acceptors (Lipinski definition) is 6. The van der Waals surface area contributed by atoms with Crippen LogP contribution in [0.2, 0.25) is 0 Å². The van der Waals surface area contributed by atoms with Gasteiger partial charge in [0.15, 0.2) is 5.84 Å². The van der Waals surface area contributed by atoms with E-state index in [2.05, 4.69) is 40.8 Å².